The van der Waals surface area contributed by atoms with E-state index in [4.69, 9.17) is 5.11 Å². The number of aromatic nitrogens is 2. The fraction of sp³-hybridized carbons (Fsp3) is 0.471. The monoisotopic (exact) mass is 362 g/mol. The van der Waals surface area contributed by atoms with Crippen molar-refractivity contribution in [3.8, 4) is 0 Å². The van der Waals surface area contributed by atoms with Gasteiger partial charge in [0.05, 0.1) is 17.4 Å². The van der Waals surface area contributed by atoms with E-state index in [1.165, 1.54) is 5.69 Å². The van der Waals surface area contributed by atoms with Crippen molar-refractivity contribution in [3.63, 3.8) is 0 Å². The number of hydrogen-bond donors (Lipinski definition) is 2. The third-order valence-corrected chi connectivity index (χ3v) is 5.33. The van der Waals surface area contributed by atoms with E-state index >= 15 is 0 Å². The number of carbonyl (C=O) groups is 2. The maximum Gasteiger partial charge on any atom is 0.348 e. The van der Waals surface area contributed by atoms with E-state index < -0.39 is 5.97 Å². The maximum atomic E-state index is 12.1. The quantitative estimate of drug-likeness (QED) is 0.824. The summed E-state index contributed by atoms with van der Waals surface area (Å²) in [6.07, 6.45) is 1.37. The van der Waals surface area contributed by atoms with Gasteiger partial charge in [0.25, 0.3) is 0 Å². The first-order chi connectivity index (χ1) is 11.9. The molecule has 0 unspecified atom stereocenters. The van der Waals surface area contributed by atoms with Gasteiger partial charge in [0.2, 0.25) is 5.91 Å². The SMILES string of the molecule is Cc1cc(C)n([C@@H]2CCN(CCC(=O)Nc3ccsc3C(=O)O)C2)n1. The Hall–Kier alpha value is -2.19. The smallest absolute Gasteiger partial charge is 0.348 e. The van der Waals surface area contributed by atoms with Crippen LogP contribution in [-0.2, 0) is 4.79 Å². The van der Waals surface area contributed by atoms with Gasteiger partial charge in [-0.15, -0.1) is 11.3 Å². The van der Waals surface area contributed by atoms with Crippen LogP contribution < -0.4 is 5.32 Å². The van der Waals surface area contributed by atoms with Gasteiger partial charge in [0.1, 0.15) is 4.88 Å². The number of carbonyl (C=O) groups excluding carboxylic acids is 1. The topological polar surface area (TPSA) is 87.5 Å². The van der Waals surface area contributed by atoms with Gasteiger partial charge in [-0.1, -0.05) is 0 Å². The van der Waals surface area contributed by atoms with Crippen LogP contribution in [0.4, 0.5) is 5.69 Å². The molecule has 0 spiro atoms. The minimum absolute atomic E-state index is 0.157. The van der Waals surface area contributed by atoms with Crippen molar-refractivity contribution in [2.24, 2.45) is 0 Å². The summed E-state index contributed by atoms with van der Waals surface area (Å²) >= 11 is 1.11. The van der Waals surface area contributed by atoms with Gasteiger partial charge in [-0.05, 0) is 37.8 Å². The van der Waals surface area contributed by atoms with E-state index in [-0.39, 0.29) is 10.8 Å². The van der Waals surface area contributed by atoms with Gasteiger partial charge in [-0.25, -0.2) is 4.79 Å². The van der Waals surface area contributed by atoms with Crippen molar-refractivity contribution in [3.05, 3.63) is 33.8 Å². The molecule has 7 nitrogen and oxygen atoms in total. The summed E-state index contributed by atoms with van der Waals surface area (Å²) in [5.74, 6) is -1.17. The van der Waals surface area contributed by atoms with Gasteiger partial charge in [0, 0.05) is 31.7 Å². The molecule has 0 aliphatic carbocycles. The highest BCUT2D eigenvalue weighted by atomic mass is 32.1. The first-order valence-electron chi connectivity index (χ1n) is 8.30. The average Bonchev–Trinajstić information content (AvgIpc) is 3.25. The minimum atomic E-state index is -1.02. The van der Waals surface area contributed by atoms with Crippen LogP contribution in [0.15, 0.2) is 17.5 Å². The third-order valence-electron chi connectivity index (χ3n) is 4.43. The Labute approximate surface area is 150 Å². The number of carboxylic acids is 1. The minimum Gasteiger partial charge on any atom is -0.477 e. The summed E-state index contributed by atoms with van der Waals surface area (Å²) in [6.45, 7) is 6.55. The van der Waals surface area contributed by atoms with Gasteiger partial charge in [-0.2, -0.15) is 5.10 Å². The Morgan fingerprint density at radius 3 is 2.92 bits per heavy atom. The highest BCUT2D eigenvalue weighted by molar-refractivity contribution is 7.12. The fourth-order valence-electron chi connectivity index (χ4n) is 3.28. The second-order valence-electron chi connectivity index (χ2n) is 6.38. The van der Waals surface area contributed by atoms with Gasteiger partial charge < -0.3 is 15.3 Å². The molecule has 1 aliphatic rings. The molecule has 0 saturated carbocycles. The standard InChI is InChI=1S/C17H22N4O3S/c1-11-9-12(2)21(19-11)13-3-6-20(10-13)7-4-15(22)18-14-5-8-25-16(14)17(23)24/h5,8-9,13H,3-4,6-7,10H2,1-2H3,(H,18,22)(H,23,24)/t13-/m1/s1. The Kier molecular flexibility index (Phi) is 5.19. The zero-order valence-electron chi connectivity index (χ0n) is 14.4. The van der Waals surface area contributed by atoms with Crippen LogP contribution in [0.2, 0.25) is 0 Å². The molecule has 1 saturated heterocycles. The van der Waals surface area contributed by atoms with Crippen molar-refractivity contribution in [1.82, 2.24) is 14.7 Å². The van der Waals surface area contributed by atoms with Gasteiger partial charge >= 0.3 is 5.97 Å². The van der Waals surface area contributed by atoms with Crippen LogP contribution in [0.5, 0.6) is 0 Å². The van der Waals surface area contributed by atoms with Crippen LogP contribution in [-0.4, -0.2) is 51.3 Å². The summed E-state index contributed by atoms with van der Waals surface area (Å²) in [5.41, 5.74) is 2.57. The molecule has 134 valence electrons. The molecule has 0 aromatic carbocycles. The third kappa shape index (κ3) is 4.08. The van der Waals surface area contributed by atoms with Crippen LogP contribution in [0, 0.1) is 13.8 Å². The second-order valence-corrected chi connectivity index (χ2v) is 7.30. The largest absolute Gasteiger partial charge is 0.477 e. The number of amides is 1. The first-order valence-corrected chi connectivity index (χ1v) is 9.17. The Bertz CT molecular complexity index is 783. The highest BCUT2D eigenvalue weighted by Crippen LogP contribution is 2.24. The second kappa shape index (κ2) is 7.37. The summed E-state index contributed by atoms with van der Waals surface area (Å²) < 4.78 is 2.08. The average molecular weight is 362 g/mol. The first kappa shape index (κ1) is 17.6. The van der Waals surface area contributed by atoms with E-state index in [0.717, 1.165) is 36.5 Å². The van der Waals surface area contributed by atoms with Crippen LogP contribution >= 0.6 is 11.3 Å². The lowest BCUT2D eigenvalue weighted by Crippen LogP contribution is -2.27. The number of likely N-dealkylation sites (tertiary alicyclic amines) is 1. The number of carboxylic acid groups (broad SMARTS) is 1. The predicted molar refractivity (Wildman–Crippen MR) is 96.3 cm³/mol. The number of nitrogens with zero attached hydrogens (tertiary/aromatic N) is 3. The van der Waals surface area contributed by atoms with Crippen molar-refractivity contribution < 1.29 is 14.7 Å². The molecular formula is C17H22N4O3S. The molecule has 1 aliphatic heterocycles. The number of anilines is 1. The zero-order valence-corrected chi connectivity index (χ0v) is 15.2. The van der Waals surface area contributed by atoms with E-state index in [2.05, 4.69) is 33.0 Å². The van der Waals surface area contributed by atoms with Crippen LogP contribution in [0.1, 0.15) is 39.9 Å². The number of thiophene rings is 1. The molecule has 2 aromatic heterocycles. The molecule has 2 aromatic rings. The maximum absolute atomic E-state index is 12.1. The number of aromatic carboxylic acids is 1. The molecule has 0 bridgehead atoms. The molecule has 3 heterocycles. The van der Waals surface area contributed by atoms with Crippen molar-refractivity contribution >= 4 is 28.9 Å². The van der Waals surface area contributed by atoms with Gasteiger partial charge in [-0.3, -0.25) is 9.48 Å². The van der Waals surface area contributed by atoms with Crippen molar-refractivity contribution in [2.75, 3.05) is 25.0 Å². The molecule has 2 N–H and O–H groups in total. The van der Waals surface area contributed by atoms with Crippen molar-refractivity contribution in [1.29, 1.82) is 0 Å². The highest BCUT2D eigenvalue weighted by Gasteiger charge is 2.25. The molecule has 1 amide bonds. The lowest BCUT2D eigenvalue weighted by molar-refractivity contribution is -0.116. The molecule has 8 heteroatoms. The molecule has 0 radical (unpaired) electrons. The van der Waals surface area contributed by atoms with Crippen LogP contribution in [0.3, 0.4) is 0 Å². The van der Waals surface area contributed by atoms with E-state index in [9.17, 15) is 9.59 Å². The molecule has 25 heavy (non-hydrogen) atoms. The summed E-state index contributed by atoms with van der Waals surface area (Å²) in [6, 6.07) is 4.06. The molecule has 1 atom stereocenters. The zero-order chi connectivity index (χ0) is 18.0. The lowest BCUT2D eigenvalue weighted by Gasteiger charge is -2.16. The van der Waals surface area contributed by atoms with Crippen molar-refractivity contribution in [2.45, 2.75) is 32.7 Å². The molecule has 1 fully saturated rings. The normalized spacial score (nSPS) is 17.8. The lowest BCUT2D eigenvalue weighted by atomic mass is 10.2. The van der Waals surface area contributed by atoms with E-state index in [0.29, 0.717) is 24.7 Å². The molecule has 3 rings (SSSR count). The van der Waals surface area contributed by atoms with E-state index in [1.807, 2.05) is 6.92 Å². The summed E-state index contributed by atoms with van der Waals surface area (Å²) in [4.78, 5) is 25.6. The predicted octanol–water partition coefficient (Wildman–Crippen LogP) is 2.54. The van der Waals surface area contributed by atoms with Crippen LogP contribution in [0.25, 0.3) is 0 Å². The fourth-order valence-corrected chi connectivity index (χ4v) is 3.96. The Balaban J connectivity index is 1.49. The number of aryl methyl sites for hydroxylation is 2. The number of hydrogen-bond acceptors (Lipinski definition) is 5. The van der Waals surface area contributed by atoms with Gasteiger partial charge in [0.15, 0.2) is 0 Å². The summed E-state index contributed by atoms with van der Waals surface area (Å²) in [7, 11) is 0. The summed E-state index contributed by atoms with van der Waals surface area (Å²) in [5, 5.41) is 18.0. The Morgan fingerprint density at radius 2 is 2.24 bits per heavy atom. The molecular weight excluding hydrogens is 340 g/mol. The number of rotatable bonds is 6. The Morgan fingerprint density at radius 1 is 1.44 bits per heavy atom. The number of nitrogens with one attached hydrogen (secondary N) is 1. The van der Waals surface area contributed by atoms with E-state index in [1.54, 1.807) is 11.4 Å².